The van der Waals surface area contributed by atoms with Crippen LogP contribution in [0, 0.1) is 0 Å². The van der Waals surface area contributed by atoms with Gasteiger partial charge in [-0.15, -0.1) is 0 Å². The van der Waals surface area contributed by atoms with Crippen molar-refractivity contribution < 1.29 is 14.3 Å². The summed E-state index contributed by atoms with van der Waals surface area (Å²) >= 11 is 0. The third-order valence-corrected chi connectivity index (χ3v) is 6.37. The molecule has 170 valence electrons. The first kappa shape index (κ1) is 20.5. The maximum atomic E-state index is 14.0. The molecule has 1 amide bonds. The van der Waals surface area contributed by atoms with E-state index in [9.17, 15) is 4.79 Å². The molecule has 34 heavy (non-hydrogen) atoms. The Morgan fingerprint density at radius 2 is 1.82 bits per heavy atom. The molecule has 2 aliphatic rings. The summed E-state index contributed by atoms with van der Waals surface area (Å²) in [5.41, 5.74) is 3.98. The summed E-state index contributed by atoms with van der Waals surface area (Å²) in [5.74, 6) is 1.48. The van der Waals surface area contributed by atoms with E-state index < -0.39 is 0 Å². The van der Waals surface area contributed by atoms with Gasteiger partial charge in [-0.1, -0.05) is 24.3 Å². The Morgan fingerprint density at radius 3 is 2.65 bits per heavy atom. The Balaban J connectivity index is 1.38. The van der Waals surface area contributed by atoms with Crippen LogP contribution in [-0.2, 0) is 0 Å². The van der Waals surface area contributed by atoms with Gasteiger partial charge in [-0.2, -0.15) is 5.10 Å². The number of ether oxygens (including phenoxy) is 2. The fourth-order valence-corrected chi connectivity index (χ4v) is 4.74. The molecule has 2 aliphatic heterocycles. The highest BCUT2D eigenvalue weighted by molar-refractivity contribution is 6.00. The van der Waals surface area contributed by atoms with Crippen molar-refractivity contribution in [3.63, 3.8) is 0 Å². The number of nitrogens with zero attached hydrogens (tertiary/aromatic N) is 4. The molecule has 4 heterocycles. The van der Waals surface area contributed by atoms with Crippen molar-refractivity contribution in [2.45, 2.75) is 18.9 Å². The quantitative estimate of drug-likeness (QED) is 0.450. The zero-order chi connectivity index (χ0) is 22.9. The molecule has 1 atom stereocenters. The van der Waals surface area contributed by atoms with Crippen molar-refractivity contribution in [2.24, 2.45) is 0 Å². The highest BCUT2D eigenvalue weighted by atomic mass is 16.6. The van der Waals surface area contributed by atoms with Gasteiger partial charge in [0.2, 0.25) is 0 Å². The van der Waals surface area contributed by atoms with E-state index in [-0.39, 0.29) is 11.9 Å². The zero-order valence-electron chi connectivity index (χ0n) is 18.6. The van der Waals surface area contributed by atoms with Crippen molar-refractivity contribution in [1.82, 2.24) is 19.7 Å². The minimum atomic E-state index is -0.0292. The first-order valence-electron chi connectivity index (χ1n) is 11.5. The van der Waals surface area contributed by atoms with E-state index in [1.54, 1.807) is 17.1 Å². The summed E-state index contributed by atoms with van der Waals surface area (Å²) in [7, 11) is 0. The molecule has 0 radical (unpaired) electrons. The van der Waals surface area contributed by atoms with Gasteiger partial charge < -0.3 is 14.4 Å². The van der Waals surface area contributed by atoms with Crippen molar-refractivity contribution in [3.8, 4) is 28.4 Å². The molecule has 0 aliphatic carbocycles. The SMILES string of the molecule is O=C(c1cn(-c2ccccc2)nc1-c1cccnc1)N1CCC[C@H]1c1ccc2c(c1)OCCO2. The summed E-state index contributed by atoms with van der Waals surface area (Å²) in [4.78, 5) is 20.2. The van der Waals surface area contributed by atoms with Gasteiger partial charge >= 0.3 is 0 Å². The number of amides is 1. The lowest BCUT2D eigenvalue weighted by molar-refractivity contribution is 0.0736. The monoisotopic (exact) mass is 452 g/mol. The van der Waals surface area contributed by atoms with Gasteiger partial charge in [0.1, 0.15) is 18.9 Å². The number of carbonyl (C=O) groups excluding carboxylic acids is 1. The van der Waals surface area contributed by atoms with Crippen molar-refractivity contribution >= 4 is 5.91 Å². The van der Waals surface area contributed by atoms with E-state index in [0.29, 0.717) is 31.0 Å². The second-order valence-corrected chi connectivity index (χ2v) is 8.47. The molecule has 1 fully saturated rings. The van der Waals surface area contributed by atoms with Crippen LogP contribution >= 0.6 is 0 Å². The number of likely N-dealkylation sites (tertiary alicyclic amines) is 1. The highest BCUT2D eigenvalue weighted by Gasteiger charge is 2.34. The van der Waals surface area contributed by atoms with E-state index in [1.165, 1.54) is 0 Å². The van der Waals surface area contributed by atoms with Crippen LogP contribution in [0.4, 0.5) is 0 Å². The van der Waals surface area contributed by atoms with Gasteiger partial charge in [-0.3, -0.25) is 9.78 Å². The summed E-state index contributed by atoms with van der Waals surface area (Å²) in [5, 5.41) is 4.79. The van der Waals surface area contributed by atoms with Gasteiger partial charge in [0, 0.05) is 30.7 Å². The van der Waals surface area contributed by atoms with E-state index in [2.05, 4.69) is 4.98 Å². The minimum Gasteiger partial charge on any atom is -0.486 e. The van der Waals surface area contributed by atoms with Crippen molar-refractivity contribution in [1.29, 1.82) is 0 Å². The van der Waals surface area contributed by atoms with Crippen LogP contribution in [0.3, 0.4) is 0 Å². The Bertz CT molecular complexity index is 1320. The predicted molar refractivity (Wildman–Crippen MR) is 127 cm³/mol. The molecule has 2 aromatic carbocycles. The largest absolute Gasteiger partial charge is 0.486 e. The van der Waals surface area contributed by atoms with E-state index in [1.807, 2.05) is 71.8 Å². The fourth-order valence-electron chi connectivity index (χ4n) is 4.74. The molecule has 7 nitrogen and oxygen atoms in total. The van der Waals surface area contributed by atoms with Crippen LogP contribution in [0.15, 0.2) is 79.3 Å². The number of carbonyl (C=O) groups is 1. The third kappa shape index (κ3) is 3.69. The average molecular weight is 453 g/mol. The Kier molecular flexibility index (Phi) is 5.22. The van der Waals surface area contributed by atoms with Crippen LogP contribution in [0.25, 0.3) is 16.9 Å². The molecule has 0 spiro atoms. The zero-order valence-corrected chi connectivity index (χ0v) is 18.6. The topological polar surface area (TPSA) is 69.5 Å². The summed E-state index contributed by atoms with van der Waals surface area (Å²) in [6.45, 7) is 1.79. The standard InChI is InChI=1S/C27H24N4O3/c32-27(30-13-5-9-23(30)19-10-11-24-25(16-19)34-15-14-33-24)22-18-31(21-7-2-1-3-8-21)29-26(22)20-6-4-12-28-17-20/h1-4,6-8,10-12,16-18,23H,5,9,13-15H2/t23-/m0/s1. The molecule has 2 aromatic heterocycles. The average Bonchev–Trinajstić information content (AvgIpc) is 3.57. The van der Waals surface area contributed by atoms with Crippen molar-refractivity contribution in [2.75, 3.05) is 19.8 Å². The maximum absolute atomic E-state index is 14.0. The van der Waals surface area contributed by atoms with Crippen LogP contribution in [0.2, 0.25) is 0 Å². The molecule has 1 saturated heterocycles. The number of hydrogen-bond donors (Lipinski definition) is 0. The molecular weight excluding hydrogens is 428 g/mol. The Morgan fingerprint density at radius 1 is 0.971 bits per heavy atom. The van der Waals surface area contributed by atoms with Crippen LogP contribution in [0.1, 0.15) is 34.8 Å². The van der Waals surface area contributed by atoms with Crippen LogP contribution in [-0.4, -0.2) is 45.3 Å². The molecule has 4 aromatic rings. The normalized spacial score (nSPS) is 17.1. The first-order chi connectivity index (χ1) is 16.8. The third-order valence-electron chi connectivity index (χ3n) is 6.37. The summed E-state index contributed by atoms with van der Waals surface area (Å²) in [6, 6.07) is 19.6. The van der Waals surface area contributed by atoms with Crippen molar-refractivity contribution in [3.05, 3.63) is 90.4 Å². The predicted octanol–water partition coefficient (Wildman–Crippen LogP) is 4.68. The molecule has 6 rings (SSSR count). The van der Waals surface area contributed by atoms with Crippen LogP contribution < -0.4 is 9.47 Å². The molecule has 0 unspecified atom stereocenters. The second kappa shape index (κ2) is 8.67. The fraction of sp³-hybridized carbons (Fsp3) is 0.222. The number of fused-ring (bicyclic) bond motifs is 1. The number of benzene rings is 2. The number of pyridine rings is 1. The smallest absolute Gasteiger partial charge is 0.258 e. The van der Waals surface area contributed by atoms with Crippen LogP contribution in [0.5, 0.6) is 11.5 Å². The second-order valence-electron chi connectivity index (χ2n) is 8.47. The highest BCUT2D eigenvalue weighted by Crippen LogP contribution is 2.39. The lowest BCUT2D eigenvalue weighted by Gasteiger charge is -2.26. The lowest BCUT2D eigenvalue weighted by atomic mass is 10.0. The first-order valence-corrected chi connectivity index (χ1v) is 11.5. The van der Waals surface area contributed by atoms with Gasteiger partial charge in [-0.25, -0.2) is 4.68 Å². The maximum Gasteiger partial charge on any atom is 0.258 e. The molecule has 0 bridgehead atoms. The number of hydrogen-bond acceptors (Lipinski definition) is 5. The number of aromatic nitrogens is 3. The van der Waals surface area contributed by atoms with Gasteiger partial charge in [0.05, 0.1) is 17.3 Å². The molecule has 0 N–H and O–H groups in total. The summed E-state index contributed by atoms with van der Waals surface area (Å²) in [6.07, 6.45) is 7.15. The molecular formula is C27H24N4O3. The minimum absolute atomic E-state index is 0.0230. The summed E-state index contributed by atoms with van der Waals surface area (Å²) < 4.78 is 13.2. The van der Waals surface area contributed by atoms with Gasteiger partial charge in [-0.05, 0) is 54.8 Å². The van der Waals surface area contributed by atoms with Gasteiger partial charge in [0.15, 0.2) is 11.5 Å². The number of para-hydroxylation sites is 1. The Labute approximate surface area is 197 Å². The number of rotatable bonds is 4. The lowest BCUT2D eigenvalue weighted by Crippen LogP contribution is -2.30. The molecule has 0 saturated carbocycles. The van der Waals surface area contributed by atoms with E-state index in [0.717, 1.165) is 41.2 Å². The molecule has 7 heteroatoms. The van der Waals surface area contributed by atoms with E-state index >= 15 is 0 Å². The van der Waals surface area contributed by atoms with Gasteiger partial charge in [0.25, 0.3) is 5.91 Å². The Hall–Kier alpha value is -4.13. The van der Waals surface area contributed by atoms with E-state index in [4.69, 9.17) is 14.6 Å².